The van der Waals surface area contributed by atoms with Crippen LogP contribution < -0.4 is 4.74 Å². The number of unbranched alkanes of at least 4 members (excludes halogenated alkanes) is 1. The largest absolute Gasteiger partial charge is 0.493 e. The summed E-state index contributed by atoms with van der Waals surface area (Å²) >= 11 is 3.51. The molecule has 5 aromatic rings. The number of amides is 2. The summed E-state index contributed by atoms with van der Waals surface area (Å²) < 4.78 is 36.8. The van der Waals surface area contributed by atoms with E-state index >= 15 is 4.39 Å². The summed E-state index contributed by atoms with van der Waals surface area (Å²) in [6, 6.07) is 16.8. The molecule has 5 rings (SSSR count). The number of halogens is 2. The number of aryl methyl sites for hydroxylation is 3. The van der Waals surface area contributed by atoms with Crippen molar-refractivity contribution in [3.8, 4) is 16.9 Å². The molecule has 3 aromatic carbocycles. The second-order valence-electron chi connectivity index (χ2n) is 15.5. The van der Waals surface area contributed by atoms with Crippen molar-refractivity contribution in [1.29, 1.82) is 0 Å². The molecule has 2 amide bonds. The molecular formula is C42H50BrFN4O7. The molecule has 55 heavy (non-hydrogen) atoms. The van der Waals surface area contributed by atoms with Gasteiger partial charge in [-0.05, 0) is 103 Å². The third-order valence-electron chi connectivity index (χ3n) is 9.08. The van der Waals surface area contributed by atoms with Crippen molar-refractivity contribution in [2.45, 2.75) is 97.2 Å². The second-order valence-corrected chi connectivity index (χ2v) is 16.1. The SMILES string of the molecule is Cc1c(-c2c(F)ccc3c(CCCOc4cccc5ccccc45)c(C(=O)O)n(CCCCN(C(=O)OC(C)(C)C)C(=O)OC(C)(C)C)c23)c(CBr)nn1C. The van der Waals surface area contributed by atoms with Crippen molar-refractivity contribution in [2.75, 3.05) is 13.2 Å². The van der Waals surface area contributed by atoms with Gasteiger partial charge in [0.1, 0.15) is 28.5 Å². The number of carboxylic acids is 1. The van der Waals surface area contributed by atoms with E-state index in [0.717, 1.165) is 27.1 Å². The average Bonchev–Trinajstić information content (AvgIpc) is 3.57. The molecule has 0 fully saturated rings. The number of alkyl halides is 1. The number of hydrogen-bond donors (Lipinski definition) is 1. The fourth-order valence-electron chi connectivity index (χ4n) is 6.73. The summed E-state index contributed by atoms with van der Waals surface area (Å²) in [5, 5.41) is 18.4. The predicted molar refractivity (Wildman–Crippen MR) is 215 cm³/mol. The van der Waals surface area contributed by atoms with Crippen LogP contribution in [0.15, 0.2) is 54.6 Å². The standard InChI is InChI=1S/C42H50BrFN4O7/c1-26-34(32(25-43)45-46(26)8)35-31(44)21-20-30-29(18-14-24-53-33-19-13-16-27-15-9-10-17-28(27)33)37(38(49)50)47(36(30)35)22-11-12-23-48(39(51)54-41(2,3)4)40(52)55-42(5,6)7/h9-10,13,15-17,19-21H,11-12,14,18,22-25H2,1-8H3,(H,49,50). The van der Waals surface area contributed by atoms with Gasteiger partial charge in [-0.3, -0.25) is 4.68 Å². The molecule has 2 aromatic heterocycles. The van der Waals surface area contributed by atoms with Crippen molar-refractivity contribution in [2.24, 2.45) is 7.05 Å². The molecule has 0 aliphatic heterocycles. The fraction of sp³-hybridized carbons (Fsp3) is 0.429. The van der Waals surface area contributed by atoms with E-state index < -0.39 is 35.2 Å². The Labute approximate surface area is 329 Å². The maximum Gasteiger partial charge on any atom is 0.419 e. The van der Waals surface area contributed by atoms with Gasteiger partial charge in [-0.15, -0.1) is 0 Å². The van der Waals surface area contributed by atoms with Crippen LogP contribution in [-0.2, 0) is 34.8 Å². The molecule has 0 bridgehead atoms. The van der Waals surface area contributed by atoms with E-state index in [1.807, 2.05) is 49.4 Å². The van der Waals surface area contributed by atoms with E-state index in [2.05, 4.69) is 21.0 Å². The summed E-state index contributed by atoms with van der Waals surface area (Å²) in [6.45, 7) is 12.5. The van der Waals surface area contributed by atoms with Crippen LogP contribution in [0.5, 0.6) is 5.75 Å². The Hall–Kier alpha value is -4.91. The van der Waals surface area contributed by atoms with Crippen LogP contribution in [0.2, 0.25) is 0 Å². The number of carboxylic acid groups (broad SMARTS) is 1. The first-order valence-electron chi connectivity index (χ1n) is 18.4. The van der Waals surface area contributed by atoms with Gasteiger partial charge >= 0.3 is 18.2 Å². The maximum atomic E-state index is 16.3. The Morgan fingerprint density at radius 3 is 2.16 bits per heavy atom. The molecule has 0 spiro atoms. The molecule has 0 aliphatic rings. The first kappa shape index (κ1) is 41.3. The zero-order valence-corrected chi connectivity index (χ0v) is 34.4. The topological polar surface area (TPSA) is 125 Å². The van der Waals surface area contributed by atoms with Gasteiger partial charge in [0.05, 0.1) is 17.8 Å². The van der Waals surface area contributed by atoms with Crippen LogP contribution in [0.4, 0.5) is 14.0 Å². The van der Waals surface area contributed by atoms with Crippen molar-refractivity contribution < 1.29 is 38.1 Å². The number of rotatable bonds is 13. The third-order valence-corrected chi connectivity index (χ3v) is 9.61. The molecule has 0 unspecified atom stereocenters. The molecule has 0 atom stereocenters. The van der Waals surface area contributed by atoms with E-state index in [0.29, 0.717) is 58.9 Å². The van der Waals surface area contributed by atoms with Crippen molar-refractivity contribution in [3.05, 3.63) is 83.1 Å². The molecule has 294 valence electrons. The molecule has 0 radical (unpaired) electrons. The van der Waals surface area contributed by atoms with Crippen LogP contribution in [0.3, 0.4) is 0 Å². The van der Waals surface area contributed by atoms with Crippen LogP contribution in [0.1, 0.15) is 88.2 Å². The van der Waals surface area contributed by atoms with Crippen molar-refractivity contribution in [3.63, 3.8) is 0 Å². The minimum Gasteiger partial charge on any atom is -0.493 e. The van der Waals surface area contributed by atoms with Crippen LogP contribution >= 0.6 is 15.9 Å². The van der Waals surface area contributed by atoms with Crippen LogP contribution in [-0.4, -0.2) is 66.9 Å². The van der Waals surface area contributed by atoms with E-state index in [1.165, 1.54) is 6.07 Å². The highest BCUT2D eigenvalue weighted by molar-refractivity contribution is 9.08. The lowest BCUT2D eigenvalue weighted by atomic mass is 9.98. The number of imide groups is 1. The summed E-state index contributed by atoms with van der Waals surface area (Å²) in [6.07, 6.45) is -0.215. The first-order chi connectivity index (χ1) is 25.9. The highest BCUT2D eigenvalue weighted by Gasteiger charge is 2.32. The number of ether oxygens (including phenoxy) is 3. The molecule has 11 nitrogen and oxygen atoms in total. The van der Waals surface area contributed by atoms with Crippen molar-refractivity contribution >= 4 is 55.8 Å². The second kappa shape index (κ2) is 16.8. The molecule has 13 heteroatoms. The summed E-state index contributed by atoms with van der Waals surface area (Å²) in [5.41, 5.74) is 1.54. The van der Waals surface area contributed by atoms with Gasteiger partial charge in [-0.25, -0.2) is 23.7 Å². The lowest BCUT2D eigenvalue weighted by Gasteiger charge is -2.28. The summed E-state index contributed by atoms with van der Waals surface area (Å²) in [5.74, 6) is -0.918. The van der Waals surface area contributed by atoms with E-state index in [1.54, 1.807) is 63.9 Å². The normalized spacial score (nSPS) is 12.0. The smallest absolute Gasteiger partial charge is 0.419 e. The fourth-order valence-corrected chi connectivity index (χ4v) is 7.12. The van der Waals surface area contributed by atoms with E-state index in [4.69, 9.17) is 14.2 Å². The molecule has 0 saturated heterocycles. The average molecular weight is 822 g/mol. The number of hydrogen-bond acceptors (Lipinski definition) is 7. The molecule has 0 aliphatic carbocycles. The number of fused-ring (bicyclic) bond motifs is 2. The highest BCUT2D eigenvalue weighted by Crippen LogP contribution is 2.40. The number of aromatic nitrogens is 3. The van der Waals surface area contributed by atoms with Gasteiger partial charge in [0.2, 0.25) is 0 Å². The van der Waals surface area contributed by atoms with Crippen LogP contribution in [0, 0.1) is 12.7 Å². The van der Waals surface area contributed by atoms with Gasteiger partial charge < -0.3 is 23.9 Å². The number of carbonyl (C=O) groups excluding carboxylic acids is 2. The predicted octanol–water partition coefficient (Wildman–Crippen LogP) is 10.2. The van der Waals surface area contributed by atoms with Crippen molar-refractivity contribution in [1.82, 2.24) is 19.2 Å². The quantitative estimate of drug-likeness (QED) is 0.0919. The molecule has 1 N–H and O–H groups in total. The monoisotopic (exact) mass is 820 g/mol. The molecule has 2 heterocycles. The lowest BCUT2D eigenvalue weighted by molar-refractivity contribution is 0.00113. The Bertz CT molecular complexity index is 2180. The number of carbonyl (C=O) groups is 3. The Balaban J connectivity index is 1.51. The van der Waals surface area contributed by atoms with Gasteiger partial charge in [-0.1, -0.05) is 52.3 Å². The Kier molecular flexibility index (Phi) is 12.6. The maximum absolute atomic E-state index is 16.3. The van der Waals surface area contributed by atoms with E-state index in [-0.39, 0.29) is 30.8 Å². The van der Waals surface area contributed by atoms with Crippen LogP contribution in [0.25, 0.3) is 32.8 Å². The number of benzene rings is 3. The lowest BCUT2D eigenvalue weighted by Crippen LogP contribution is -2.44. The van der Waals surface area contributed by atoms with Gasteiger partial charge in [0.15, 0.2) is 0 Å². The zero-order chi connectivity index (χ0) is 40.2. The Morgan fingerprint density at radius 1 is 0.873 bits per heavy atom. The number of nitrogens with zero attached hydrogens (tertiary/aromatic N) is 4. The minimum atomic E-state index is -1.15. The highest BCUT2D eigenvalue weighted by atomic mass is 79.9. The van der Waals surface area contributed by atoms with E-state index in [9.17, 15) is 19.5 Å². The minimum absolute atomic E-state index is 0.0412. The summed E-state index contributed by atoms with van der Waals surface area (Å²) in [7, 11) is 1.78. The third kappa shape index (κ3) is 9.49. The molecule has 0 saturated carbocycles. The molecular weight excluding hydrogens is 771 g/mol. The zero-order valence-electron chi connectivity index (χ0n) is 32.8. The number of aromatic carboxylic acids is 1. The summed E-state index contributed by atoms with van der Waals surface area (Å²) in [4.78, 5) is 40.4. The van der Waals surface area contributed by atoms with Gasteiger partial charge in [0.25, 0.3) is 0 Å². The van der Waals surface area contributed by atoms with Gasteiger partial charge in [-0.2, -0.15) is 5.10 Å². The first-order valence-corrected chi connectivity index (χ1v) is 19.5. The Morgan fingerprint density at radius 2 is 1.53 bits per heavy atom. The van der Waals surface area contributed by atoms with Gasteiger partial charge in [0, 0.05) is 53.1 Å².